The van der Waals surface area contributed by atoms with Gasteiger partial charge in [0, 0.05) is 26.2 Å². The van der Waals surface area contributed by atoms with Crippen LogP contribution in [0.2, 0.25) is 0 Å². The predicted octanol–water partition coefficient (Wildman–Crippen LogP) is 1.84. The maximum atomic E-state index is 12.0. The van der Waals surface area contributed by atoms with E-state index in [4.69, 9.17) is 0 Å². The summed E-state index contributed by atoms with van der Waals surface area (Å²) in [5.74, 6) is 1.49. The Bertz CT molecular complexity index is 283. The monoisotopic (exact) mass is 254 g/mol. The number of hydrogen-bond donors (Lipinski definition) is 2. The van der Waals surface area contributed by atoms with Crippen LogP contribution < -0.4 is 5.32 Å². The molecule has 0 aromatic heterocycles. The van der Waals surface area contributed by atoms with Crippen LogP contribution in [0, 0.1) is 17.8 Å². The summed E-state index contributed by atoms with van der Waals surface area (Å²) >= 11 is 0. The molecular weight excluding hydrogens is 228 g/mol. The Balaban J connectivity index is 1.74. The number of nitrogens with one attached hydrogen (secondary N) is 1. The van der Waals surface area contributed by atoms with E-state index in [0.29, 0.717) is 17.8 Å². The van der Waals surface area contributed by atoms with Gasteiger partial charge in [-0.3, -0.25) is 0 Å². The minimum Gasteiger partial charge on any atom is -0.396 e. The fourth-order valence-corrected chi connectivity index (χ4v) is 3.33. The summed E-state index contributed by atoms with van der Waals surface area (Å²) in [4.78, 5) is 14.0. The molecule has 2 amide bonds. The van der Waals surface area contributed by atoms with Crippen LogP contribution in [0.4, 0.5) is 4.79 Å². The molecule has 3 unspecified atom stereocenters. The minimum absolute atomic E-state index is 0.0881. The van der Waals surface area contributed by atoms with Crippen molar-refractivity contribution in [3.05, 3.63) is 0 Å². The van der Waals surface area contributed by atoms with Gasteiger partial charge in [0.25, 0.3) is 0 Å². The van der Waals surface area contributed by atoms with Gasteiger partial charge >= 0.3 is 6.03 Å². The maximum Gasteiger partial charge on any atom is 0.317 e. The van der Waals surface area contributed by atoms with Crippen LogP contribution in [0.5, 0.6) is 0 Å². The van der Waals surface area contributed by atoms with Gasteiger partial charge in [-0.05, 0) is 43.4 Å². The normalized spacial score (nSPS) is 32.6. The number of carbonyl (C=O) groups is 1. The summed E-state index contributed by atoms with van der Waals surface area (Å²) in [5, 5.41) is 12.3. The van der Waals surface area contributed by atoms with Gasteiger partial charge in [-0.15, -0.1) is 0 Å². The molecule has 1 saturated heterocycles. The van der Waals surface area contributed by atoms with Crippen LogP contribution in [-0.2, 0) is 0 Å². The summed E-state index contributed by atoms with van der Waals surface area (Å²) in [6.07, 6.45) is 5.79. The molecular formula is C14H26N2O2. The Morgan fingerprint density at radius 2 is 2.06 bits per heavy atom. The van der Waals surface area contributed by atoms with E-state index in [1.54, 1.807) is 0 Å². The van der Waals surface area contributed by atoms with Crippen molar-refractivity contribution in [2.24, 2.45) is 17.8 Å². The highest BCUT2D eigenvalue weighted by atomic mass is 16.3. The van der Waals surface area contributed by atoms with E-state index in [1.807, 2.05) is 4.90 Å². The topological polar surface area (TPSA) is 52.6 Å². The molecule has 0 aromatic rings. The third-order valence-corrected chi connectivity index (χ3v) is 4.51. The lowest BCUT2D eigenvalue weighted by Crippen LogP contribution is -2.46. The zero-order valence-corrected chi connectivity index (χ0v) is 11.4. The highest BCUT2D eigenvalue weighted by Crippen LogP contribution is 2.30. The van der Waals surface area contributed by atoms with Gasteiger partial charge in [-0.25, -0.2) is 4.79 Å². The van der Waals surface area contributed by atoms with Crippen LogP contribution >= 0.6 is 0 Å². The molecule has 0 spiro atoms. The molecule has 4 heteroatoms. The van der Waals surface area contributed by atoms with Crippen LogP contribution in [0.1, 0.15) is 39.0 Å². The number of likely N-dealkylation sites (tertiary alicyclic amines) is 1. The first-order chi connectivity index (χ1) is 8.70. The number of aliphatic hydroxyl groups is 1. The Morgan fingerprint density at radius 3 is 2.78 bits per heavy atom. The minimum atomic E-state index is 0.0881. The Morgan fingerprint density at radius 1 is 1.28 bits per heavy atom. The third kappa shape index (κ3) is 3.37. The van der Waals surface area contributed by atoms with Crippen LogP contribution in [0.25, 0.3) is 0 Å². The van der Waals surface area contributed by atoms with E-state index >= 15 is 0 Å². The van der Waals surface area contributed by atoms with Gasteiger partial charge in [-0.2, -0.15) is 0 Å². The standard InChI is InChI=1S/C14H26N2O2/c1-11-4-3-7-16(9-11)14(18)15-8-12-5-2-6-13(12)10-17/h11-13,17H,2-10H2,1H3,(H,15,18). The molecule has 2 fully saturated rings. The zero-order chi connectivity index (χ0) is 13.0. The molecule has 2 rings (SSSR count). The average Bonchev–Trinajstić information content (AvgIpc) is 2.83. The number of urea groups is 1. The Labute approximate surface area is 110 Å². The Hall–Kier alpha value is -0.770. The molecule has 0 radical (unpaired) electrons. The first-order valence-corrected chi connectivity index (χ1v) is 7.34. The van der Waals surface area contributed by atoms with E-state index in [-0.39, 0.29) is 12.6 Å². The third-order valence-electron chi connectivity index (χ3n) is 4.51. The molecule has 2 aliphatic rings. The predicted molar refractivity (Wildman–Crippen MR) is 71.3 cm³/mol. The summed E-state index contributed by atoms with van der Waals surface area (Å²) in [6.45, 7) is 4.98. The van der Waals surface area contributed by atoms with Crippen molar-refractivity contribution in [3.63, 3.8) is 0 Å². The lowest BCUT2D eigenvalue weighted by Gasteiger charge is -2.31. The Kier molecular flexibility index (Phi) is 4.87. The lowest BCUT2D eigenvalue weighted by molar-refractivity contribution is 0.161. The second kappa shape index (κ2) is 6.41. The van der Waals surface area contributed by atoms with Gasteiger partial charge in [0.05, 0.1) is 0 Å². The maximum absolute atomic E-state index is 12.0. The zero-order valence-electron chi connectivity index (χ0n) is 11.4. The second-order valence-electron chi connectivity index (χ2n) is 6.01. The number of piperidine rings is 1. The molecule has 3 atom stereocenters. The highest BCUT2D eigenvalue weighted by molar-refractivity contribution is 5.74. The fourth-order valence-electron chi connectivity index (χ4n) is 3.33. The number of amides is 2. The van der Waals surface area contributed by atoms with Crippen molar-refractivity contribution in [2.45, 2.75) is 39.0 Å². The number of aliphatic hydroxyl groups excluding tert-OH is 1. The van der Waals surface area contributed by atoms with Crippen LogP contribution in [0.3, 0.4) is 0 Å². The summed E-state index contributed by atoms with van der Waals surface area (Å²) in [6, 6.07) is 0.0881. The molecule has 18 heavy (non-hydrogen) atoms. The van der Waals surface area contributed by atoms with Gasteiger partial charge in [0.2, 0.25) is 0 Å². The summed E-state index contributed by atoms with van der Waals surface area (Å²) in [5.41, 5.74) is 0. The van der Waals surface area contributed by atoms with E-state index in [2.05, 4.69) is 12.2 Å². The largest absolute Gasteiger partial charge is 0.396 e. The van der Waals surface area contributed by atoms with Gasteiger partial charge in [0.1, 0.15) is 0 Å². The second-order valence-corrected chi connectivity index (χ2v) is 6.01. The molecule has 2 N–H and O–H groups in total. The van der Waals surface area contributed by atoms with Crippen LogP contribution in [-0.4, -0.2) is 42.3 Å². The van der Waals surface area contributed by atoms with Gasteiger partial charge in [0.15, 0.2) is 0 Å². The number of hydrogen-bond acceptors (Lipinski definition) is 2. The highest BCUT2D eigenvalue weighted by Gasteiger charge is 2.28. The average molecular weight is 254 g/mol. The van der Waals surface area contributed by atoms with Crippen LogP contribution in [0.15, 0.2) is 0 Å². The first kappa shape index (κ1) is 13.7. The van der Waals surface area contributed by atoms with E-state index in [1.165, 1.54) is 12.8 Å². The molecule has 4 nitrogen and oxygen atoms in total. The van der Waals surface area contributed by atoms with Crippen molar-refractivity contribution in [3.8, 4) is 0 Å². The first-order valence-electron chi connectivity index (χ1n) is 7.34. The van der Waals surface area contributed by atoms with Gasteiger partial charge < -0.3 is 15.3 Å². The van der Waals surface area contributed by atoms with Gasteiger partial charge in [-0.1, -0.05) is 13.3 Å². The van der Waals surface area contributed by atoms with Crippen molar-refractivity contribution >= 4 is 6.03 Å². The lowest BCUT2D eigenvalue weighted by atomic mass is 9.97. The molecule has 0 bridgehead atoms. The van der Waals surface area contributed by atoms with Crippen molar-refractivity contribution in [1.82, 2.24) is 10.2 Å². The van der Waals surface area contributed by atoms with E-state index in [0.717, 1.165) is 38.9 Å². The quantitative estimate of drug-likeness (QED) is 0.807. The summed E-state index contributed by atoms with van der Waals surface area (Å²) in [7, 11) is 0. The number of carbonyl (C=O) groups excluding carboxylic acids is 1. The molecule has 104 valence electrons. The van der Waals surface area contributed by atoms with Crippen molar-refractivity contribution < 1.29 is 9.90 Å². The number of nitrogens with zero attached hydrogens (tertiary/aromatic N) is 1. The van der Waals surface area contributed by atoms with E-state index in [9.17, 15) is 9.90 Å². The molecule has 1 aliphatic carbocycles. The number of rotatable bonds is 3. The smallest absolute Gasteiger partial charge is 0.317 e. The molecule has 1 heterocycles. The van der Waals surface area contributed by atoms with Crippen molar-refractivity contribution in [2.75, 3.05) is 26.2 Å². The molecule has 0 aromatic carbocycles. The summed E-state index contributed by atoms with van der Waals surface area (Å²) < 4.78 is 0. The fraction of sp³-hybridized carbons (Fsp3) is 0.929. The van der Waals surface area contributed by atoms with E-state index < -0.39 is 0 Å². The van der Waals surface area contributed by atoms with Crippen molar-refractivity contribution in [1.29, 1.82) is 0 Å². The molecule has 1 saturated carbocycles. The SMILES string of the molecule is CC1CCCN(C(=O)NCC2CCCC2CO)C1. The molecule has 1 aliphatic heterocycles.